The summed E-state index contributed by atoms with van der Waals surface area (Å²) in [5.74, 6) is -0.530. The fraction of sp³-hybridized carbons (Fsp3) is 0.294. The Morgan fingerprint density at radius 3 is 2.76 bits per heavy atom. The third-order valence-corrected chi connectivity index (χ3v) is 5.46. The summed E-state index contributed by atoms with van der Waals surface area (Å²) in [5.41, 5.74) is 1.21. The van der Waals surface area contributed by atoms with E-state index >= 15 is 0 Å². The second kappa shape index (κ2) is 7.62. The molecular formula is C17H19N3O4S. The predicted octanol–water partition coefficient (Wildman–Crippen LogP) is 1.95. The third-order valence-electron chi connectivity index (χ3n) is 3.92. The number of carbonyl (C=O) groups is 1. The van der Waals surface area contributed by atoms with Crippen LogP contribution in [-0.4, -0.2) is 36.3 Å². The molecule has 0 spiro atoms. The summed E-state index contributed by atoms with van der Waals surface area (Å²) >= 11 is 0. The summed E-state index contributed by atoms with van der Waals surface area (Å²) < 4.78 is 34.1. The van der Waals surface area contributed by atoms with Gasteiger partial charge >= 0.3 is 16.2 Å². The molecule has 1 aliphatic heterocycles. The molecule has 0 bridgehead atoms. The van der Waals surface area contributed by atoms with Crippen molar-refractivity contribution in [3.63, 3.8) is 0 Å². The van der Waals surface area contributed by atoms with E-state index in [1.54, 1.807) is 18.3 Å². The summed E-state index contributed by atoms with van der Waals surface area (Å²) in [7, 11) is -3.85. The minimum absolute atomic E-state index is 0.125. The number of ether oxygens (including phenoxy) is 1. The maximum atomic E-state index is 12.6. The molecule has 7 nitrogen and oxygen atoms in total. The largest absolute Gasteiger partial charge is 0.460 e. The number of carbonyl (C=O) groups excluding carboxylic acids is 1. The van der Waals surface area contributed by atoms with Gasteiger partial charge in [-0.05, 0) is 30.5 Å². The molecule has 3 rings (SSSR count). The summed E-state index contributed by atoms with van der Waals surface area (Å²) in [5, 5.41) is 0. The van der Waals surface area contributed by atoms with Crippen LogP contribution >= 0.6 is 0 Å². The molecule has 1 unspecified atom stereocenters. The lowest BCUT2D eigenvalue weighted by atomic mass is 10.2. The fourth-order valence-electron chi connectivity index (χ4n) is 2.72. The molecule has 132 valence electrons. The Morgan fingerprint density at radius 2 is 2.04 bits per heavy atom. The Balaban J connectivity index is 1.66. The normalized spacial score (nSPS) is 18.0. The smallest absolute Gasteiger partial charge is 0.324 e. The average Bonchev–Trinajstić information content (AvgIpc) is 3.12. The zero-order chi connectivity index (χ0) is 17.7. The van der Waals surface area contributed by atoms with E-state index in [-0.39, 0.29) is 13.2 Å². The summed E-state index contributed by atoms with van der Waals surface area (Å²) in [4.78, 5) is 16.2. The van der Waals surface area contributed by atoms with Crippen LogP contribution in [-0.2, 0) is 26.3 Å². The molecule has 1 N–H and O–H groups in total. The van der Waals surface area contributed by atoms with Crippen molar-refractivity contribution in [2.75, 3.05) is 11.3 Å². The van der Waals surface area contributed by atoms with Gasteiger partial charge in [0.15, 0.2) is 0 Å². The van der Waals surface area contributed by atoms with Crippen molar-refractivity contribution < 1.29 is 17.9 Å². The van der Waals surface area contributed by atoms with Crippen molar-refractivity contribution in [3.05, 3.63) is 60.4 Å². The van der Waals surface area contributed by atoms with E-state index in [2.05, 4.69) is 9.71 Å². The van der Waals surface area contributed by atoms with Crippen molar-refractivity contribution in [2.24, 2.45) is 0 Å². The summed E-state index contributed by atoms with van der Waals surface area (Å²) in [6.45, 7) is 0.404. The lowest BCUT2D eigenvalue weighted by Gasteiger charge is -2.23. The number of benzene rings is 1. The molecule has 0 saturated carbocycles. The molecule has 1 fully saturated rings. The molecule has 2 aromatic rings. The first-order valence-corrected chi connectivity index (χ1v) is 9.40. The topological polar surface area (TPSA) is 88.6 Å². The maximum Gasteiger partial charge on any atom is 0.324 e. The van der Waals surface area contributed by atoms with Crippen molar-refractivity contribution in [2.45, 2.75) is 25.5 Å². The van der Waals surface area contributed by atoms with Crippen molar-refractivity contribution in [3.8, 4) is 0 Å². The Morgan fingerprint density at radius 1 is 1.24 bits per heavy atom. The Hall–Kier alpha value is -2.45. The molecule has 1 aromatic carbocycles. The Kier molecular flexibility index (Phi) is 5.30. The van der Waals surface area contributed by atoms with Gasteiger partial charge in [-0.1, -0.05) is 30.3 Å². The molecule has 1 aromatic heterocycles. The van der Waals surface area contributed by atoms with Crippen molar-refractivity contribution >= 4 is 21.9 Å². The van der Waals surface area contributed by atoms with Gasteiger partial charge in [-0.25, -0.2) is 0 Å². The van der Waals surface area contributed by atoms with Crippen LogP contribution in [0.3, 0.4) is 0 Å². The lowest BCUT2D eigenvalue weighted by Crippen LogP contribution is -2.44. The predicted molar refractivity (Wildman–Crippen MR) is 92.7 cm³/mol. The standard InChI is InChI=1S/C17H19N3O4S/c21-17(24-13-14-6-2-1-3-7-14)16-9-5-11-20(16)25(22,23)19-15-8-4-10-18-12-15/h1-4,6-8,10,12,16,19H,5,9,11,13H2. The number of hydrogen-bond acceptors (Lipinski definition) is 5. The van der Waals surface area contributed by atoms with Crippen LogP contribution in [0.1, 0.15) is 18.4 Å². The van der Waals surface area contributed by atoms with E-state index in [0.29, 0.717) is 18.5 Å². The van der Waals surface area contributed by atoms with Gasteiger partial charge in [0.05, 0.1) is 11.9 Å². The van der Waals surface area contributed by atoms with Crippen LogP contribution < -0.4 is 4.72 Å². The first-order chi connectivity index (χ1) is 12.1. The second-order valence-corrected chi connectivity index (χ2v) is 7.33. The first-order valence-electron chi connectivity index (χ1n) is 7.96. The van der Waals surface area contributed by atoms with Gasteiger partial charge in [0.1, 0.15) is 12.6 Å². The van der Waals surface area contributed by atoms with Gasteiger partial charge in [-0.3, -0.25) is 14.5 Å². The number of pyridine rings is 1. The van der Waals surface area contributed by atoms with Gasteiger partial charge < -0.3 is 4.74 Å². The first kappa shape index (κ1) is 17.4. The van der Waals surface area contributed by atoms with E-state index in [1.807, 2.05) is 30.3 Å². The summed E-state index contributed by atoms with van der Waals surface area (Å²) in [6, 6.07) is 11.7. The SMILES string of the molecule is O=C(OCc1ccccc1)C1CCCN1S(=O)(=O)Nc1cccnc1. The van der Waals surface area contributed by atoms with Gasteiger partial charge in [-0.2, -0.15) is 12.7 Å². The molecule has 0 aliphatic carbocycles. The third kappa shape index (κ3) is 4.34. The van der Waals surface area contributed by atoms with Crippen LogP contribution in [0.15, 0.2) is 54.9 Å². The van der Waals surface area contributed by atoms with Crippen LogP contribution in [0, 0.1) is 0 Å². The number of anilines is 1. The zero-order valence-electron chi connectivity index (χ0n) is 13.5. The molecule has 2 heterocycles. The zero-order valence-corrected chi connectivity index (χ0v) is 14.4. The van der Waals surface area contributed by atoms with Crippen molar-refractivity contribution in [1.29, 1.82) is 0 Å². The minimum Gasteiger partial charge on any atom is -0.460 e. The Labute approximate surface area is 146 Å². The number of hydrogen-bond donors (Lipinski definition) is 1. The number of aromatic nitrogens is 1. The molecule has 1 saturated heterocycles. The molecule has 1 aliphatic rings. The average molecular weight is 361 g/mol. The van der Waals surface area contributed by atoms with Crippen molar-refractivity contribution in [1.82, 2.24) is 9.29 Å². The van der Waals surface area contributed by atoms with Crippen LogP contribution in [0.4, 0.5) is 5.69 Å². The highest BCUT2D eigenvalue weighted by Gasteiger charge is 2.39. The molecule has 25 heavy (non-hydrogen) atoms. The van der Waals surface area contributed by atoms with Crippen LogP contribution in [0.25, 0.3) is 0 Å². The van der Waals surface area contributed by atoms with E-state index in [4.69, 9.17) is 4.74 Å². The highest BCUT2D eigenvalue weighted by atomic mass is 32.2. The van der Waals surface area contributed by atoms with Gasteiger partial charge in [0.2, 0.25) is 0 Å². The highest BCUT2D eigenvalue weighted by Crippen LogP contribution is 2.23. The quantitative estimate of drug-likeness (QED) is 0.795. The second-order valence-electron chi connectivity index (χ2n) is 5.71. The van der Waals surface area contributed by atoms with E-state index in [9.17, 15) is 13.2 Å². The monoisotopic (exact) mass is 361 g/mol. The number of esters is 1. The van der Waals surface area contributed by atoms with E-state index < -0.39 is 22.2 Å². The van der Waals surface area contributed by atoms with Gasteiger partial charge in [-0.15, -0.1) is 0 Å². The van der Waals surface area contributed by atoms with Gasteiger partial charge in [0.25, 0.3) is 0 Å². The minimum atomic E-state index is -3.85. The molecule has 8 heteroatoms. The van der Waals surface area contributed by atoms with E-state index in [1.165, 1.54) is 6.20 Å². The van der Waals surface area contributed by atoms with Crippen LogP contribution in [0.5, 0.6) is 0 Å². The van der Waals surface area contributed by atoms with Gasteiger partial charge in [0, 0.05) is 12.7 Å². The fourth-order valence-corrected chi connectivity index (χ4v) is 4.15. The van der Waals surface area contributed by atoms with Crippen LogP contribution in [0.2, 0.25) is 0 Å². The summed E-state index contributed by atoms with van der Waals surface area (Å²) in [6.07, 6.45) is 4.02. The number of rotatable bonds is 6. The number of nitrogens with zero attached hydrogens (tertiary/aromatic N) is 2. The molecule has 0 radical (unpaired) electrons. The lowest BCUT2D eigenvalue weighted by molar-refractivity contribution is -0.148. The van der Waals surface area contributed by atoms with E-state index in [0.717, 1.165) is 9.87 Å². The molecule has 0 amide bonds. The maximum absolute atomic E-state index is 12.6. The molecule has 1 atom stereocenters. The molecular weight excluding hydrogens is 342 g/mol. The Bertz CT molecular complexity index is 812. The highest BCUT2D eigenvalue weighted by molar-refractivity contribution is 7.90. The number of nitrogens with one attached hydrogen (secondary N) is 1.